The number of fused-ring (bicyclic) bond motifs is 1. The van der Waals surface area contributed by atoms with E-state index in [1.54, 1.807) is 21.0 Å². The normalized spacial score (nSPS) is 22.3. The molecule has 2 saturated heterocycles. The molecule has 31 heavy (non-hydrogen) atoms. The molecule has 0 aromatic heterocycles. The van der Waals surface area contributed by atoms with Crippen molar-refractivity contribution in [1.29, 1.82) is 0 Å². The minimum absolute atomic E-state index is 0. The Morgan fingerprint density at radius 2 is 2.03 bits per heavy atom. The van der Waals surface area contributed by atoms with Crippen LogP contribution in [0.3, 0.4) is 0 Å². The fourth-order valence-corrected chi connectivity index (χ4v) is 4.99. The molecule has 1 N–H and O–H groups in total. The van der Waals surface area contributed by atoms with Gasteiger partial charge in [0.1, 0.15) is 0 Å². The predicted molar refractivity (Wildman–Crippen MR) is 135 cm³/mol. The first-order chi connectivity index (χ1) is 14.4. The molecule has 0 spiro atoms. The maximum Gasteiger partial charge on any atom is 0.213 e. The lowest BCUT2D eigenvalue weighted by molar-refractivity contribution is -0.0502. The van der Waals surface area contributed by atoms with E-state index >= 15 is 0 Å². The first-order valence-electron chi connectivity index (χ1n) is 10.7. The van der Waals surface area contributed by atoms with Gasteiger partial charge >= 0.3 is 0 Å². The van der Waals surface area contributed by atoms with Gasteiger partial charge in [-0.25, -0.2) is 12.7 Å². The van der Waals surface area contributed by atoms with E-state index in [2.05, 4.69) is 44.4 Å². The first kappa shape index (κ1) is 26.3. The molecule has 2 aliphatic rings. The lowest BCUT2D eigenvalue weighted by atomic mass is 10.1. The summed E-state index contributed by atoms with van der Waals surface area (Å²) >= 11 is 0. The summed E-state index contributed by atoms with van der Waals surface area (Å²) in [5.74, 6) is 0.989. The molecular formula is C21H36IN5O3S. The summed E-state index contributed by atoms with van der Waals surface area (Å²) in [6.45, 7) is 7.17. The molecule has 2 aliphatic heterocycles. The molecule has 2 fully saturated rings. The number of halogens is 1. The van der Waals surface area contributed by atoms with E-state index in [9.17, 15) is 8.42 Å². The fourth-order valence-electron chi connectivity index (χ4n) is 4.14. The van der Waals surface area contributed by atoms with Crippen LogP contribution in [0.1, 0.15) is 18.9 Å². The number of rotatable bonds is 8. The smallest absolute Gasteiger partial charge is 0.213 e. The molecule has 0 amide bonds. The number of hydrogen-bond acceptors (Lipinski definition) is 5. The second kappa shape index (κ2) is 12.3. The van der Waals surface area contributed by atoms with Crippen LogP contribution < -0.4 is 5.32 Å². The fraction of sp³-hybridized carbons (Fsp3) is 0.667. The highest BCUT2D eigenvalue weighted by atomic mass is 127. The average molecular weight is 566 g/mol. The van der Waals surface area contributed by atoms with Gasteiger partial charge in [0, 0.05) is 53.4 Å². The molecule has 2 heterocycles. The molecule has 3 rings (SSSR count). The molecule has 176 valence electrons. The lowest BCUT2D eigenvalue weighted by Gasteiger charge is -2.36. The van der Waals surface area contributed by atoms with E-state index in [0.717, 1.165) is 45.2 Å². The van der Waals surface area contributed by atoms with Gasteiger partial charge in [-0.2, -0.15) is 0 Å². The zero-order valence-electron chi connectivity index (χ0n) is 18.7. The topological polar surface area (TPSA) is 77.5 Å². The Bertz CT molecular complexity index is 808. The third kappa shape index (κ3) is 7.01. The minimum atomic E-state index is -3.12. The van der Waals surface area contributed by atoms with Crippen molar-refractivity contribution in [3.8, 4) is 0 Å². The Morgan fingerprint density at radius 3 is 2.71 bits per heavy atom. The molecule has 0 radical (unpaired) electrons. The number of guanidine groups is 1. The monoisotopic (exact) mass is 565 g/mol. The van der Waals surface area contributed by atoms with Crippen LogP contribution in [0.5, 0.6) is 0 Å². The van der Waals surface area contributed by atoms with Crippen LogP contribution in [0.15, 0.2) is 35.3 Å². The van der Waals surface area contributed by atoms with Crippen LogP contribution in [-0.4, -0.2) is 99.8 Å². The molecule has 2 atom stereocenters. The van der Waals surface area contributed by atoms with Crippen molar-refractivity contribution in [3.63, 3.8) is 0 Å². The van der Waals surface area contributed by atoms with Crippen molar-refractivity contribution in [2.75, 3.05) is 59.2 Å². The van der Waals surface area contributed by atoms with Crippen LogP contribution in [0.4, 0.5) is 0 Å². The predicted octanol–water partition coefficient (Wildman–Crippen LogP) is 1.44. The highest BCUT2D eigenvalue weighted by Crippen LogP contribution is 2.24. The van der Waals surface area contributed by atoms with Gasteiger partial charge in [0.05, 0.1) is 24.5 Å². The number of nitrogens with one attached hydrogen (secondary N) is 1. The van der Waals surface area contributed by atoms with Crippen LogP contribution in [0.25, 0.3) is 0 Å². The number of likely N-dealkylation sites (tertiary alicyclic amines) is 1. The Kier molecular flexibility index (Phi) is 10.5. The minimum Gasteiger partial charge on any atom is -0.373 e. The first-order valence-corrected chi connectivity index (χ1v) is 12.3. The Morgan fingerprint density at radius 1 is 1.29 bits per heavy atom. The number of nitrogens with zero attached hydrogens (tertiary/aromatic N) is 4. The highest BCUT2D eigenvalue weighted by Gasteiger charge is 2.41. The zero-order valence-corrected chi connectivity index (χ0v) is 21.9. The third-order valence-corrected chi connectivity index (χ3v) is 7.79. The number of aliphatic imine (C=N–C) groups is 1. The van der Waals surface area contributed by atoms with E-state index in [4.69, 9.17) is 4.74 Å². The van der Waals surface area contributed by atoms with Gasteiger partial charge in [-0.3, -0.25) is 9.89 Å². The maximum absolute atomic E-state index is 11.9. The summed E-state index contributed by atoms with van der Waals surface area (Å²) in [7, 11) is 0.305. The summed E-state index contributed by atoms with van der Waals surface area (Å²) < 4.78 is 31.2. The van der Waals surface area contributed by atoms with Crippen LogP contribution >= 0.6 is 24.0 Å². The molecule has 8 nitrogen and oxygen atoms in total. The standard InChI is InChI=1S/C21H35N5O3S.HI/c1-4-30(27,28)24(3)12-8-11-23-21(22-2)26-16-19-20(17-26)29-14-13-25(19)15-18-9-6-5-7-10-18;/h5-7,9-10,19-20H,4,8,11-17H2,1-3H3,(H,22,23);1H. The zero-order chi connectivity index (χ0) is 21.6. The molecule has 0 saturated carbocycles. The molecule has 2 unspecified atom stereocenters. The number of sulfonamides is 1. The summed E-state index contributed by atoms with van der Waals surface area (Å²) in [5.41, 5.74) is 1.32. The van der Waals surface area contributed by atoms with Gasteiger partial charge in [0.15, 0.2) is 5.96 Å². The van der Waals surface area contributed by atoms with Gasteiger partial charge < -0.3 is 15.0 Å². The van der Waals surface area contributed by atoms with Gasteiger partial charge in [-0.1, -0.05) is 30.3 Å². The van der Waals surface area contributed by atoms with Gasteiger partial charge in [0.25, 0.3) is 0 Å². The van der Waals surface area contributed by atoms with E-state index in [1.165, 1.54) is 9.87 Å². The average Bonchev–Trinajstić information content (AvgIpc) is 3.19. The van der Waals surface area contributed by atoms with E-state index in [1.807, 2.05) is 6.07 Å². The Labute approximate surface area is 204 Å². The molecule has 1 aromatic rings. The molecular weight excluding hydrogens is 529 g/mol. The largest absolute Gasteiger partial charge is 0.373 e. The summed E-state index contributed by atoms with van der Waals surface area (Å²) in [6.07, 6.45) is 0.911. The molecule has 10 heteroatoms. The quantitative estimate of drug-likeness (QED) is 0.223. The molecule has 1 aromatic carbocycles. The van der Waals surface area contributed by atoms with E-state index in [-0.39, 0.29) is 35.8 Å². The van der Waals surface area contributed by atoms with Crippen LogP contribution in [0.2, 0.25) is 0 Å². The Balaban J connectivity index is 0.00000341. The van der Waals surface area contributed by atoms with Crippen molar-refractivity contribution in [2.45, 2.75) is 32.0 Å². The van der Waals surface area contributed by atoms with Crippen molar-refractivity contribution in [2.24, 2.45) is 4.99 Å². The molecule has 0 bridgehead atoms. The lowest BCUT2D eigenvalue weighted by Crippen LogP contribution is -2.50. The SMILES string of the molecule is CCS(=O)(=O)N(C)CCCNC(=NC)N1CC2OCCN(Cc3ccccc3)C2C1.I. The van der Waals surface area contributed by atoms with Gasteiger partial charge in [0.2, 0.25) is 10.0 Å². The van der Waals surface area contributed by atoms with Crippen molar-refractivity contribution < 1.29 is 13.2 Å². The number of benzene rings is 1. The molecule has 0 aliphatic carbocycles. The van der Waals surface area contributed by atoms with E-state index in [0.29, 0.717) is 19.1 Å². The number of hydrogen-bond donors (Lipinski definition) is 1. The summed E-state index contributed by atoms with van der Waals surface area (Å²) in [5, 5.41) is 3.39. The highest BCUT2D eigenvalue weighted by molar-refractivity contribution is 14.0. The summed E-state index contributed by atoms with van der Waals surface area (Å²) in [6, 6.07) is 10.9. The van der Waals surface area contributed by atoms with Crippen LogP contribution in [0, 0.1) is 0 Å². The Hall–Kier alpha value is -0.950. The van der Waals surface area contributed by atoms with Crippen molar-refractivity contribution >= 4 is 40.0 Å². The second-order valence-corrected chi connectivity index (χ2v) is 10.3. The van der Waals surface area contributed by atoms with E-state index < -0.39 is 10.0 Å². The van der Waals surface area contributed by atoms with Crippen LogP contribution in [-0.2, 0) is 21.3 Å². The number of ether oxygens (including phenoxy) is 1. The van der Waals surface area contributed by atoms with Gasteiger partial charge in [-0.05, 0) is 18.9 Å². The third-order valence-electron chi connectivity index (χ3n) is 5.93. The second-order valence-electron chi connectivity index (χ2n) is 7.89. The van der Waals surface area contributed by atoms with Crippen molar-refractivity contribution in [3.05, 3.63) is 35.9 Å². The number of morpholine rings is 1. The maximum atomic E-state index is 11.9. The van der Waals surface area contributed by atoms with Crippen molar-refractivity contribution in [1.82, 2.24) is 19.4 Å². The van der Waals surface area contributed by atoms with Gasteiger partial charge in [-0.15, -0.1) is 24.0 Å². The summed E-state index contributed by atoms with van der Waals surface area (Å²) in [4.78, 5) is 9.21.